The van der Waals surface area contributed by atoms with E-state index in [2.05, 4.69) is 10.1 Å². The van der Waals surface area contributed by atoms with Crippen LogP contribution in [0.25, 0.3) is 0 Å². The third kappa shape index (κ3) is 3.79. The van der Waals surface area contributed by atoms with E-state index >= 15 is 0 Å². The van der Waals surface area contributed by atoms with Gasteiger partial charge >= 0.3 is 5.97 Å². The second kappa shape index (κ2) is 6.67. The molecular formula is C12H19ClF2N2O3. The Kier molecular flexibility index (Phi) is 5.70. The number of nitrogens with zero attached hydrogens (tertiary/aromatic N) is 1. The van der Waals surface area contributed by atoms with Crippen LogP contribution in [-0.4, -0.2) is 55.5 Å². The predicted octanol–water partition coefficient (Wildman–Crippen LogP) is 0.817. The number of esters is 1. The van der Waals surface area contributed by atoms with Gasteiger partial charge in [0.1, 0.15) is 0 Å². The lowest BCUT2D eigenvalue weighted by atomic mass is 9.96. The van der Waals surface area contributed by atoms with Gasteiger partial charge in [-0.1, -0.05) is 0 Å². The summed E-state index contributed by atoms with van der Waals surface area (Å²) in [6, 6.07) is -0.801. The normalized spacial score (nSPS) is 25.9. The molecule has 0 spiro atoms. The van der Waals surface area contributed by atoms with E-state index in [1.54, 1.807) is 4.90 Å². The van der Waals surface area contributed by atoms with Crippen LogP contribution in [0.5, 0.6) is 0 Å². The molecule has 0 bridgehead atoms. The molecule has 0 saturated carbocycles. The van der Waals surface area contributed by atoms with Gasteiger partial charge < -0.3 is 9.64 Å². The Morgan fingerprint density at radius 1 is 1.30 bits per heavy atom. The van der Waals surface area contributed by atoms with Gasteiger partial charge in [-0.25, -0.2) is 8.78 Å². The molecule has 5 nitrogen and oxygen atoms in total. The predicted molar refractivity (Wildman–Crippen MR) is 69.9 cm³/mol. The fourth-order valence-corrected chi connectivity index (χ4v) is 2.61. The summed E-state index contributed by atoms with van der Waals surface area (Å²) in [5.74, 6) is -3.55. The third-order valence-electron chi connectivity index (χ3n) is 3.75. The number of carbonyl (C=O) groups excluding carboxylic acids is 2. The van der Waals surface area contributed by atoms with Crippen LogP contribution >= 0.6 is 12.4 Å². The van der Waals surface area contributed by atoms with Crippen molar-refractivity contribution in [2.24, 2.45) is 5.92 Å². The number of piperidine rings is 1. The number of ether oxygens (including phenoxy) is 1. The van der Waals surface area contributed by atoms with Gasteiger partial charge in [-0.3, -0.25) is 14.9 Å². The largest absolute Gasteiger partial charge is 0.469 e. The first-order valence-corrected chi connectivity index (χ1v) is 6.41. The molecule has 20 heavy (non-hydrogen) atoms. The van der Waals surface area contributed by atoms with Crippen molar-refractivity contribution in [1.82, 2.24) is 10.2 Å². The molecule has 1 N–H and O–H groups in total. The van der Waals surface area contributed by atoms with Gasteiger partial charge in [0.05, 0.1) is 25.6 Å². The highest BCUT2D eigenvalue weighted by Crippen LogP contribution is 2.27. The van der Waals surface area contributed by atoms with Crippen molar-refractivity contribution in [2.45, 2.75) is 31.2 Å². The summed E-state index contributed by atoms with van der Waals surface area (Å²) in [5, 5.41) is 2.56. The number of likely N-dealkylation sites (tertiary alicyclic amines) is 1. The lowest BCUT2D eigenvalue weighted by Crippen LogP contribution is -2.47. The highest BCUT2D eigenvalue weighted by Gasteiger charge is 2.44. The number of nitrogens with one attached hydrogen (secondary N) is 1. The molecule has 2 aliphatic rings. The Balaban J connectivity index is 0.00000200. The molecule has 0 aliphatic carbocycles. The molecule has 2 rings (SSSR count). The van der Waals surface area contributed by atoms with Crippen LogP contribution in [0.15, 0.2) is 0 Å². The van der Waals surface area contributed by atoms with Gasteiger partial charge in [0.15, 0.2) is 0 Å². The van der Waals surface area contributed by atoms with Crippen molar-refractivity contribution >= 4 is 24.3 Å². The summed E-state index contributed by atoms with van der Waals surface area (Å²) in [6.07, 6.45) is 0.617. The van der Waals surface area contributed by atoms with Crippen LogP contribution in [0.4, 0.5) is 8.78 Å². The molecule has 1 atom stereocenters. The molecule has 1 unspecified atom stereocenters. The molecule has 116 valence electrons. The maximum Gasteiger partial charge on any atom is 0.308 e. The number of hydrogen-bond donors (Lipinski definition) is 1. The fraction of sp³-hybridized carbons (Fsp3) is 0.833. The molecular weight excluding hydrogens is 294 g/mol. The molecule has 0 radical (unpaired) electrons. The van der Waals surface area contributed by atoms with Crippen molar-refractivity contribution in [3.63, 3.8) is 0 Å². The quantitative estimate of drug-likeness (QED) is 0.767. The molecule has 0 aromatic heterocycles. The van der Waals surface area contributed by atoms with E-state index in [1.807, 2.05) is 0 Å². The van der Waals surface area contributed by atoms with Gasteiger partial charge in [-0.2, -0.15) is 0 Å². The van der Waals surface area contributed by atoms with Crippen LogP contribution in [0.1, 0.15) is 19.3 Å². The minimum Gasteiger partial charge on any atom is -0.469 e. The van der Waals surface area contributed by atoms with Crippen LogP contribution in [-0.2, 0) is 14.3 Å². The highest BCUT2D eigenvalue weighted by atomic mass is 35.5. The minimum atomic E-state index is -2.80. The van der Waals surface area contributed by atoms with Gasteiger partial charge in [-0.15, -0.1) is 12.4 Å². The van der Waals surface area contributed by atoms with Crippen LogP contribution in [0, 0.1) is 5.92 Å². The number of halogens is 3. The van der Waals surface area contributed by atoms with E-state index in [9.17, 15) is 18.4 Å². The highest BCUT2D eigenvalue weighted by molar-refractivity contribution is 5.85. The Bertz CT molecular complexity index is 374. The molecule has 0 aromatic rings. The van der Waals surface area contributed by atoms with Gasteiger partial charge in [0.25, 0.3) is 5.92 Å². The summed E-state index contributed by atoms with van der Waals surface area (Å²) >= 11 is 0. The van der Waals surface area contributed by atoms with Gasteiger partial charge in [0.2, 0.25) is 5.91 Å². The standard InChI is InChI=1S/C12H18F2N2O3.ClH/c1-19-11(18)8-2-4-16(5-3-8)10(17)9-6-12(13,14)7-15-9;/h8-9,15H,2-7H2,1H3;1H. The first-order valence-electron chi connectivity index (χ1n) is 6.41. The molecule has 2 heterocycles. The SMILES string of the molecule is COC(=O)C1CCN(C(=O)C2CC(F)(F)CN2)CC1.Cl. The third-order valence-corrected chi connectivity index (χ3v) is 3.75. The molecule has 2 fully saturated rings. The summed E-state index contributed by atoms with van der Waals surface area (Å²) in [4.78, 5) is 24.9. The Hall–Kier alpha value is -0.950. The average Bonchev–Trinajstić information content (AvgIpc) is 2.77. The summed E-state index contributed by atoms with van der Waals surface area (Å²) in [5.41, 5.74) is 0. The maximum absolute atomic E-state index is 13.0. The maximum atomic E-state index is 13.0. The molecule has 2 saturated heterocycles. The van der Waals surface area contributed by atoms with Crippen molar-refractivity contribution in [2.75, 3.05) is 26.7 Å². The average molecular weight is 313 g/mol. The van der Waals surface area contributed by atoms with Crippen molar-refractivity contribution in [1.29, 1.82) is 0 Å². The summed E-state index contributed by atoms with van der Waals surface area (Å²) in [7, 11) is 1.34. The summed E-state index contributed by atoms with van der Waals surface area (Å²) < 4.78 is 30.7. The number of methoxy groups -OCH3 is 1. The Morgan fingerprint density at radius 3 is 2.35 bits per heavy atom. The molecule has 1 amide bonds. The van der Waals surface area contributed by atoms with Crippen LogP contribution in [0.2, 0.25) is 0 Å². The van der Waals surface area contributed by atoms with Crippen molar-refractivity contribution in [3.05, 3.63) is 0 Å². The van der Waals surface area contributed by atoms with Crippen molar-refractivity contribution < 1.29 is 23.1 Å². The van der Waals surface area contributed by atoms with E-state index in [-0.39, 0.29) is 30.2 Å². The van der Waals surface area contributed by atoms with Gasteiger partial charge in [0, 0.05) is 19.5 Å². The van der Waals surface area contributed by atoms with Gasteiger partial charge in [-0.05, 0) is 12.8 Å². The minimum absolute atomic E-state index is 0. The second-order valence-corrected chi connectivity index (χ2v) is 5.12. The summed E-state index contributed by atoms with van der Waals surface area (Å²) in [6.45, 7) is 0.396. The fourth-order valence-electron chi connectivity index (χ4n) is 2.61. The van der Waals surface area contributed by atoms with E-state index < -0.39 is 24.9 Å². The first kappa shape index (κ1) is 17.1. The zero-order valence-electron chi connectivity index (χ0n) is 11.2. The molecule has 2 aliphatic heterocycles. The number of alkyl halides is 2. The van der Waals surface area contributed by atoms with Crippen molar-refractivity contribution in [3.8, 4) is 0 Å². The van der Waals surface area contributed by atoms with Crippen LogP contribution in [0.3, 0.4) is 0 Å². The molecule has 0 aromatic carbocycles. The first-order chi connectivity index (χ1) is 8.93. The monoisotopic (exact) mass is 312 g/mol. The van der Waals surface area contributed by atoms with E-state index in [0.29, 0.717) is 25.9 Å². The van der Waals surface area contributed by atoms with Crippen LogP contribution < -0.4 is 5.32 Å². The second-order valence-electron chi connectivity index (χ2n) is 5.12. The topological polar surface area (TPSA) is 58.6 Å². The zero-order chi connectivity index (χ0) is 14.0. The lowest BCUT2D eigenvalue weighted by molar-refractivity contribution is -0.149. The number of rotatable bonds is 2. The van der Waals surface area contributed by atoms with E-state index in [4.69, 9.17) is 0 Å². The smallest absolute Gasteiger partial charge is 0.308 e. The number of amides is 1. The Morgan fingerprint density at radius 2 is 1.90 bits per heavy atom. The number of hydrogen-bond acceptors (Lipinski definition) is 4. The number of carbonyl (C=O) groups is 2. The Labute approximate surface area is 122 Å². The van der Waals surface area contributed by atoms with E-state index in [0.717, 1.165) is 0 Å². The molecule has 8 heteroatoms. The zero-order valence-corrected chi connectivity index (χ0v) is 12.0. The van der Waals surface area contributed by atoms with E-state index in [1.165, 1.54) is 7.11 Å². The lowest BCUT2D eigenvalue weighted by Gasteiger charge is -2.32.